The maximum absolute atomic E-state index is 12.3. The lowest BCUT2D eigenvalue weighted by atomic mass is 10.1. The molecule has 3 amide bonds. The van der Waals surface area contributed by atoms with Crippen molar-refractivity contribution in [1.29, 1.82) is 0 Å². The number of carbonyl (C=O) groups excluding carboxylic acids is 2. The van der Waals surface area contributed by atoms with Crippen molar-refractivity contribution in [3.63, 3.8) is 0 Å². The standard InChI is InChI=1S/C17H21ClN2O4/c1-4-7-20-16(21)13(19-17(20)22)8-11-9-14(23-5-2)15(24-6-3)10-12(11)18/h8-10H,4-7H2,1-3H3,(H,19,22)/b13-8+. The minimum Gasteiger partial charge on any atom is -0.490 e. The zero-order valence-electron chi connectivity index (χ0n) is 14.0. The normalized spacial score (nSPS) is 15.8. The summed E-state index contributed by atoms with van der Waals surface area (Å²) in [4.78, 5) is 25.3. The minimum absolute atomic E-state index is 0.196. The molecule has 0 aromatic heterocycles. The average Bonchev–Trinajstić information content (AvgIpc) is 2.80. The van der Waals surface area contributed by atoms with Gasteiger partial charge in [0.05, 0.1) is 18.2 Å². The molecule has 0 radical (unpaired) electrons. The van der Waals surface area contributed by atoms with Crippen molar-refractivity contribution >= 4 is 29.6 Å². The smallest absolute Gasteiger partial charge is 0.329 e. The number of hydrogen-bond acceptors (Lipinski definition) is 4. The molecule has 1 aromatic carbocycles. The fraction of sp³-hybridized carbons (Fsp3) is 0.412. The van der Waals surface area contributed by atoms with E-state index in [0.29, 0.717) is 48.3 Å². The largest absolute Gasteiger partial charge is 0.490 e. The summed E-state index contributed by atoms with van der Waals surface area (Å²) >= 11 is 6.28. The summed E-state index contributed by atoms with van der Waals surface area (Å²) in [6, 6.07) is 2.93. The average molecular weight is 353 g/mol. The van der Waals surface area contributed by atoms with E-state index in [1.165, 1.54) is 4.90 Å². The second-order valence-corrected chi connectivity index (χ2v) is 5.54. The third-order valence-electron chi connectivity index (χ3n) is 3.37. The van der Waals surface area contributed by atoms with Crippen LogP contribution in [-0.2, 0) is 4.79 Å². The van der Waals surface area contributed by atoms with Crippen LogP contribution in [0.25, 0.3) is 6.08 Å². The molecule has 1 aliphatic rings. The van der Waals surface area contributed by atoms with Crippen LogP contribution in [0.2, 0.25) is 5.02 Å². The molecular weight excluding hydrogens is 332 g/mol. The van der Waals surface area contributed by atoms with Gasteiger partial charge in [-0.3, -0.25) is 9.69 Å². The van der Waals surface area contributed by atoms with Gasteiger partial charge < -0.3 is 14.8 Å². The second-order valence-electron chi connectivity index (χ2n) is 5.13. The molecule has 2 rings (SSSR count). The molecule has 6 nitrogen and oxygen atoms in total. The van der Waals surface area contributed by atoms with Gasteiger partial charge >= 0.3 is 6.03 Å². The quantitative estimate of drug-likeness (QED) is 0.603. The van der Waals surface area contributed by atoms with Crippen molar-refractivity contribution in [2.45, 2.75) is 27.2 Å². The van der Waals surface area contributed by atoms with Gasteiger partial charge in [0.25, 0.3) is 5.91 Å². The predicted octanol–water partition coefficient (Wildman–Crippen LogP) is 3.44. The minimum atomic E-state index is -0.416. The molecule has 1 saturated heterocycles. The number of benzene rings is 1. The van der Waals surface area contributed by atoms with E-state index in [1.807, 2.05) is 20.8 Å². The first-order valence-electron chi connectivity index (χ1n) is 7.95. The predicted molar refractivity (Wildman–Crippen MR) is 92.3 cm³/mol. The molecule has 7 heteroatoms. The number of hydrogen-bond donors (Lipinski definition) is 1. The number of ether oxygens (including phenoxy) is 2. The van der Waals surface area contributed by atoms with E-state index in [2.05, 4.69) is 5.32 Å². The molecule has 24 heavy (non-hydrogen) atoms. The number of nitrogens with one attached hydrogen (secondary N) is 1. The van der Waals surface area contributed by atoms with Crippen molar-refractivity contribution in [2.24, 2.45) is 0 Å². The van der Waals surface area contributed by atoms with Crippen molar-refractivity contribution in [3.05, 3.63) is 28.4 Å². The Bertz CT molecular complexity index is 673. The summed E-state index contributed by atoms with van der Waals surface area (Å²) < 4.78 is 11.1. The third kappa shape index (κ3) is 3.82. The van der Waals surface area contributed by atoms with Gasteiger partial charge in [-0.25, -0.2) is 4.79 Å². The highest BCUT2D eigenvalue weighted by molar-refractivity contribution is 6.32. The Morgan fingerprint density at radius 3 is 2.33 bits per heavy atom. The van der Waals surface area contributed by atoms with Gasteiger partial charge in [-0.1, -0.05) is 18.5 Å². The van der Waals surface area contributed by atoms with E-state index in [1.54, 1.807) is 18.2 Å². The summed E-state index contributed by atoms with van der Waals surface area (Å²) in [7, 11) is 0. The van der Waals surface area contributed by atoms with Crippen LogP contribution in [0, 0.1) is 0 Å². The van der Waals surface area contributed by atoms with E-state index < -0.39 is 6.03 Å². The summed E-state index contributed by atoms with van der Waals surface area (Å²) in [6.45, 7) is 6.97. The van der Waals surface area contributed by atoms with Gasteiger partial charge in [0.15, 0.2) is 11.5 Å². The monoisotopic (exact) mass is 352 g/mol. The van der Waals surface area contributed by atoms with Gasteiger partial charge in [-0.2, -0.15) is 0 Å². The van der Waals surface area contributed by atoms with Gasteiger partial charge in [0.2, 0.25) is 0 Å². The highest BCUT2D eigenvalue weighted by Crippen LogP contribution is 2.35. The van der Waals surface area contributed by atoms with Crippen molar-refractivity contribution in [2.75, 3.05) is 19.8 Å². The molecule has 1 fully saturated rings. The molecule has 1 heterocycles. The molecule has 130 valence electrons. The van der Waals surface area contributed by atoms with Crippen molar-refractivity contribution in [3.8, 4) is 11.5 Å². The van der Waals surface area contributed by atoms with Crippen molar-refractivity contribution in [1.82, 2.24) is 10.2 Å². The van der Waals surface area contributed by atoms with Gasteiger partial charge in [0, 0.05) is 12.6 Å². The summed E-state index contributed by atoms with van der Waals surface area (Å²) in [5.41, 5.74) is 0.771. The molecule has 0 unspecified atom stereocenters. The van der Waals surface area contributed by atoms with E-state index in [0.717, 1.165) is 0 Å². The number of rotatable bonds is 7. The number of nitrogens with zero attached hydrogens (tertiary/aromatic N) is 1. The van der Waals surface area contributed by atoms with E-state index in [9.17, 15) is 9.59 Å². The molecule has 1 aliphatic heterocycles. The Labute approximate surface area is 146 Å². The van der Waals surface area contributed by atoms with Crippen LogP contribution in [0.15, 0.2) is 17.8 Å². The maximum Gasteiger partial charge on any atom is 0.329 e. The van der Waals surface area contributed by atoms with Crippen molar-refractivity contribution < 1.29 is 19.1 Å². The molecular formula is C17H21ClN2O4. The SMILES string of the molecule is CCCN1C(=O)N/C(=C/c2cc(OCC)c(OCC)cc2Cl)C1=O. The van der Waals surface area contributed by atoms with E-state index >= 15 is 0 Å². The van der Waals surface area contributed by atoms with Crippen LogP contribution in [0.1, 0.15) is 32.8 Å². The first-order valence-corrected chi connectivity index (χ1v) is 8.33. The first kappa shape index (κ1) is 18.1. The fourth-order valence-corrected chi connectivity index (χ4v) is 2.56. The number of amides is 3. The lowest BCUT2D eigenvalue weighted by molar-refractivity contribution is -0.122. The van der Waals surface area contributed by atoms with Crippen LogP contribution in [0.4, 0.5) is 4.79 Å². The van der Waals surface area contributed by atoms with E-state index in [4.69, 9.17) is 21.1 Å². The molecule has 0 saturated carbocycles. The molecule has 0 bridgehead atoms. The zero-order valence-corrected chi connectivity index (χ0v) is 14.8. The number of carbonyl (C=O) groups is 2. The highest BCUT2D eigenvalue weighted by Gasteiger charge is 2.32. The highest BCUT2D eigenvalue weighted by atomic mass is 35.5. The number of imide groups is 1. The Morgan fingerprint density at radius 1 is 1.12 bits per heavy atom. The number of halogens is 1. The van der Waals surface area contributed by atoms with Crippen LogP contribution in [0.5, 0.6) is 11.5 Å². The Kier molecular flexibility index (Phi) is 6.09. The zero-order chi connectivity index (χ0) is 17.7. The number of urea groups is 1. The molecule has 1 N–H and O–H groups in total. The lowest BCUT2D eigenvalue weighted by Gasteiger charge is -2.13. The maximum atomic E-state index is 12.3. The van der Waals surface area contributed by atoms with E-state index in [-0.39, 0.29) is 11.6 Å². The Hall–Kier alpha value is -2.21. The van der Waals surface area contributed by atoms with Gasteiger partial charge in [-0.15, -0.1) is 0 Å². The van der Waals surface area contributed by atoms with Gasteiger partial charge in [-0.05, 0) is 38.0 Å². The fourth-order valence-electron chi connectivity index (χ4n) is 2.35. The van der Waals surface area contributed by atoms with Crippen LogP contribution >= 0.6 is 11.6 Å². The summed E-state index contributed by atoms with van der Waals surface area (Å²) in [5.74, 6) is 0.725. The lowest BCUT2D eigenvalue weighted by Crippen LogP contribution is -2.31. The summed E-state index contributed by atoms with van der Waals surface area (Å²) in [5, 5.41) is 2.98. The molecule has 0 aliphatic carbocycles. The first-order chi connectivity index (χ1) is 11.5. The molecule has 0 atom stereocenters. The Balaban J connectivity index is 2.37. The van der Waals surface area contributed by atoms with Crippen LogP contribution < -0.4 is 14.8 Å². The molecule has 0 spiro atoms. The second kappa shape index (κ2) is 8.06. The molecule has 1 aromatic rings. The van der Waals surface area contributed by atoms with Crippen LogP contribution in [-0.4, -0.2) is 36.6 Å². The van der Waals surface area contributed by atoms with Crippen LogP contribution in [0.3, 0.4) is 0 Å². The topological polar surface area (TPSA) is 67.9 Å². The van der Waals surface area contributed by atoms with Gasteiger partial charge in [0.1, 0.15) is 5.70 Å². The summed E-state index contributed by atoms with van der Waals surface area (Å²) in [6.07, 6.45) is 2.25. The Morgan fingerprint density at radius 2 is 1.75 bits per heavy atom. The third-order valence-corrected chi connectivity index (χ3v) is 3.70.